The Morgan fingerprint density at radius 3 is 2.27 bits per heavy atom. The molecule has 0 N–H and O–H groups in total. The van der Waals surface area contributed by atoms with Gasteiger partial charge in [0.2, 0.25) is 0 Å². The van der Waals surface area contributed by atoms with E-state index in [0.29, 0.717) is 0 Å². The van der Waals surface area contributed by atoms with Gasteiger partial charge in [-0.3, -0.25) is 0 Å². The summed E-state index contributed by atoms with van der Waals surface area (Å²) in [6.45, 7) is 0. The fraction of sp³-hybridized carbons (Fsp3) is 0.214. The molecule has 1 spiro atoms. The summed E-state index contributed by atoms with van der Waals surface area (Å²) in [6.07, 6.45) is 10.4. The first-order valence-corrected chi connectivity index (χ1v) is 11.0. The second kappa shape index (κ2) is 5.89. The molecule has 1 aromatic heterocycles. The van der Waals surface area contributed by atoms with Crippen molar-refractivity contribution in [3.8, 4) is 16.9 Å². The Bertz CT molecular complexity index is 1310. The minimum Gasteiger partial charge on any atom is -0.473 e. The third-order valence-corrected chi connectivity index (χ3v) is 7.07. The lowest BCUT2D eigenvalue weighted by atomic mass is 9.87. The van der Waals surface area contributed by atoms with Crippen molar-refractivity contribution >= 4 is 17.0 Å². The summed E-state index contributed by atoms with van der Waals surface area (Å²) >= 11 is 0. The fourth-order valence-corrected chi connectivity index (χ4v) is 5.72. The maximum absolute atomic E-state index is 6.90. The molecule has 30 heavy (non-hydrogen) atoms. The van der Waals surface area contributed by atoms with Crippen molar-refractivity contribution in [2.75, 3.05) is 0 Å². The first-order chi connectivity index (χ1) is 14.9. The minimum absolute atomic E-state index is 0.561. The maximum Gasteiger partial charge on any atom is 0.179 e. The number of aryl methyl sites for hydroxylation is 2. The van der Waals surface area contributed by atoms with Gasteiger partial charge in [-0.15, -0.1) is 0 Å². The summed E-state index contributed by atoms with van der Waals surface area (Å²) in [7, 11) is 0. The average molecular weight is 390 g/mol. The second-order valence-corrected chi connectivity index (χ2v) is 8.68. The third-order valence-electron chi connectivity index (χ3n) is 7.07. The van der Waals surface area contributed by atoms with E-state index in [9.17, 15) is 0 Å². The fourth-order valence-electron chi connectivity index (χ4n) is 5.72. The molecule has 2 heteroatoms. The van der Waals surface area contributed by atoms with Crippen molar-refractivity contribution in [2.24, 2.45) is 0 Å². The number of ether oxygens (including phenoxy) is 1. The SMILES string of the molecule is C1=CC2(Oc3ccc4oc5c(c4c31)CCCCC5)c1ccccc1-c1ccccc12. The smallest absolute Gasteiger partial charge is 0.179 e. The van der Waals surface area contributed by atoms with Gasteiger partial charge in [0.05, 0.1) is 0 Å². The molecule has 2 aliphatic carbocycles. The first-order valence-electron chi connectivity index (χ1n) is 11.0. The Balaban J connectivity index is 1.47. The van der Waals surface area contributed by atoms with Crippen molar-refractivity contribution in [3.05, 3.63) is 94.8 Å². The molecule has 0 atom stereocenters. The van der Waals surface area contributed by atoms with Crippen LogP contribution in [0.15, 0.2) is 71.2 Å². The van der Waals surface area contributed by atoms with Crippen LogP contribution in [-0.4, -0.2) is 0 Å². The number of furan rings is 1. The van der Waals surface area contributed by atoms with Crippen molar-refractivity contribution in [1.29, 1.82) is 0 Å². The van der Waals surface area contributed by atoms with Crippen LogP contribution in [0.3, 0.4) is 0 Å². The lowest BCUT2D eigenvalue weighted by molar-refractivity contribution is 0.166. The van der Waals surface area contributed by atoms with Gasteiger partial charge in [-0.05, 0) is 54.7 Å². The van der Waals surface area contributed by atoms with Gasteiger partial charge in [0.25, 0.3) is 0 Å². The molecule has 2 nitrogen and oxygen atoms in total. The standard InChI is InChI=1S/C28H22O2/c1-2-10-20-24(13-3-1)29-26-15-14-25-21(27(20)26)16-17-28(30-25)22-11-6-4-8-18(22)19-9-5-7-12-23(19)28/h4-9,11-12,14-17H,1-3,10,13H2. The van der Waals surface area contributed by atoms with E-state index >= 15 is 0 Å². The van der Waals surface area contributed by atoms with Gasteiger partial charge in [-0.1, -0.05) is 55.0 Å². The highest BCUT2D eigenvalue weighted by atomic mass is 16.5. The average Bonchev–Trinajstić information content (AvgIpc) is 3.17. The molecule has 0 bridgehead atoms. The molecular formula is C28H22O2. The van der Waals surface area contributed by atoms with Crippen LogP contribution in [0.5, 0.6) is 5.75 Å². The molecule has 146 valence electrons. The number of hydrogen-bond donors (Lipinski definition) is 0. The number of fused-ring (bicyclic) bond motifs is 10. The van der Waals surface area contributed by atoms with Crippen LogP contribution < -0.4 is 4.74 Å². The van der Waals surface area contributed by atoms with Gasteiger partial charge in [0.1, 0.15) is 17.1 Å². The molecular weight excluding hydrogens is 368 g/mol. The molecule has 3 aliphatic rings. The van der Waals surface area contributed by atoms with E-state index in [1.807, 2.05) is 0 Å². The van der Waals surface area contributed by atoms with Crippen molar-refractivity contribution in [3.63, 3.8) is 0 Å². The van der Waals surface area contributed by atoms with Crippen molar-refractivity contribution in [2.45, 2.75) is 37.7 Å². The van der Waals surface area contributed by atoms with E-state index in [-0.39, 0.29) is 0 Å². The molecule has 1 aliphatic heterocycles. The zero-order valence-corrected chi connectivity index (χ0v) is 16.8. The molecule has 0 fully saturated rings. The van der Waals surface area contributed by atoms with Crippen molar-refractivity contribution in [1.82, 2.24) is 0 Å². The summed E-state index contributed by atoms with van der Waals surface area (Å²) in [5.41, 5.74) is 7.98. The Morgan fingerprint density at radius 2 is 1.47 bits per heavy atom. The normalized spacial score (nSPS) is 17.7. The second-order valence-electron chi connectivity index (χ2n) is 8.68. The monoisotopic (exact) mass is 390 g/mol. The molecule has 7 rings (SSSR count). The Hall–Kier alpha value is -3.26. The van der Waals surface area contributed by atoms with E-state index in [1.54, 1.807) is 0 Å². The van der Waals surface area contributed by atoms with E-state index in [4.69, 9.17) is 9.15 Å². The molecule has 3 aromatic carbocycles. The molecule has 2 heterocycles. The van der Waals surface area contributed by atoms with Crippen LogP contribution in [0.1, 0.15) is 47.3 Å². The van der Waals surface area contributed by atoms with E-state index in [2.05, 4.69) is 72.8 Å². The molecule has 0 amide bonds. The summed E-state index contributed by atoms with van der Waals surface area (Å²) < 4.78 is 13.2. The van der Waals surface area contributed by atoms with Gasteiger partial charge in [-0.2, -0.15) is 0 Å². The number of hydrogen-bond acceptors (Lipinski definition) is 2. The molecule has 0 radical (unpaired) electrons. The van der Waals surface area contributed by atoms with Crippen LogP contribution in [-0.2, 0) is 18.4 Å². The van der Waals surface area contributed by atoms with E-state index in [0.717, 1.165) is 24.2 Å². The summed E-state index contributed by atoms with van der Waals surface area (Å²) in [6, 6.07) is 21.4. The van der Waals surface area contributed by atoms with Gasteiger partial charge in [-0.25, -0.2) is 0 Å². The van der Waals surface area contributed by atoms with Gasteiger partial charge in [0.15, 0.2) is 5.60 Å². The Kier molecular flexibility index (Phi) is 3.24. The summed E-state index contributed by atoms with van der Waals surface area (Å²) in [4.78, 5) is 0. The zero-order chi connectivity index (χ0) is 19.7. The lowest BCUT2D eigenvalue weighted by Gasteiger charge is -2.33. The minimum atomic E-state index is -0.561. The molecule has 4 aromatic rings. The van der Waals surface area contributed by atoms with Crippen LogP contribution in [0.4, 0.5) is 0 Å². The number of rotatable bonds is 0. The Labute approximate surface area is 175 Å². The molecule has 0 unspecified atom stereocenters. The van der Waals surface area contributed by atoms with Crippen LogP contribution in [0.25, 0.3) is 28.2 Å². The predicted molar refractivity (Wildman–Crippen MR) is 120 cm³/mol. The van der Waals surface area contributed by atoms with Gasteiger partial charge in [0, 0.05) is 34.1 Å². The maximum atomic E-state index is 6.90. The highest BCUT2D eigenvalue weighted by Gasteiger charge is 2.45. The van der Waals surface area contributed by atoms with Crippen molar-refractivity contribution < 1.29 is 9.15 Å². The van der Waals surface area contributed by atoms with Crippen LogP contribution in [0, 0.1) is 0 Å². The van der Waals surface area contributed by atoms with Gasteiger partial charge >= 0.3 is 0 Å². The summed E-state index contributed by atoms with van der Waals surface area (Å²) in [5, 5.41) is 1.26. The highest BCUT2D eigenvalue weighted by molar-refractivity contribution is 5.95. The van der Waals surface area contributed by atoms with E-state index < -0.39 is 5.60 Å². The van der Waals surface area contributed by atoms with Gasteiger partial charge < -0.3 is 9.15 Å². The highest BCUT2D eigenvalue weighted by Crippen LogP contribution is 2.53. The van der Waals surface area contributed by atoms with Crippen LogP contribution >= 0.6 is 0 Å². The Morgan fingerprint density at radius 1 is 0.733 bits per heavy atom. The molecule has 0 saturated heterocycles. The lowest BCUT2D eigenvalue weighted by Crippen LogP contribution is -2.32. The summed E-state index contributed by atoms with van der Waals surface area (Å²) in [5.74, 6) is 2.13. The third kappa shape index (κ3) is 2.04. The largest absolute Gasteiger partial charge is 0.473 e. The van der Waals surface area contributed by atoms with E-state index in [1.165, 1.54) is 63.8 Å². The van der Waals surface area contributed by atoms with Crippen LogP contribution in [0.2, 0.25) is 0 Å². The first kappa shape index (κ1) is 16.5. The zero-order valence-electron chi connectivity index (χ0n) is 16.8. The molecule has 0 saturated carbocycles. The quantitative estimate of drug-likeness (QED) is 0.301. The predicted octanol–water partition coefficient (Wildman–Crippen LogP) is 7.03. The number of benzene rings is 3. The topological polar surface area (TPSA) is 22.4 Å².